The lowest BCUT2D eigenvalue weighted by Crippen LogP contribution is -2.00. The van der Waals surface area contributed by atoms with Gasteiger partial charge in [-0.15, -0.1) is 6.58 Å². The molecule has 24 heavy (non-hydrogen) atoms. The minimum absolute atomic E-state index is 0.160. The van der Waals surface area contributed by atoms with Gasteiger partial charge in [0.15, 0.2) is 0 Å². The molecule has 1 nitrogen and oxygen atoms in total. The highest BCUT2D eigenvalue weighted by Crippen LogP contribution is 2.23. The highest BCUT2D eigenvalue weighted by molar-refractivity contribution is 8.09. The number of aryl methyl sites for hydroxylation is 2. The van der Waals surface area contributed by atoms with Crippen molar-refractivity contribution in [3.8, 4) is 0 Å². The van der Waals surface area contributed by atoms with Crippen LogP contribution in [0, 0.1) is 12.8 Å². The molecule has 1 rings (SSSR count). The van der Waals surface area contributed by atoms with Crippen LogP contribution in [0.4, 0.5) is 3.89 Å². The lowest BCUT2D eigenvalue weighted by atomic mass is 9.92. The molecule has 0 aromatic heterocycles. The van der Waals surface area contributed by atoms with Gasteiger partial charge in [-0.05, 0) is 68.2 Å². The van der Waals surface area contributed by atoms with E-state index in [0.29, 0.717) is 10.7 Å². The van der Waals surface area contributed by atoms with Crippen LogP contribution in [0.2, 0.25) is 0 Å². The van der Waals surface area contributed by atoms with Crippen LogP contribution in [0.5, 0.6) is 0 Å². The first-order valence-corrected chi connectivity index (χ1v) is 9.47. The second-order valence-corrected chi connectivity index (χ2v) is 7.07. The molecule has 0 saturated carbocycles. The Morgan fingerprint density at radius 1 is 1.38 bits per heavy atom. The zero-order chi connectivity index (χ0) is 17.9. The lowest BCUT2D eigenvalue weighted by molar-refractivity contribution is 0.427. The first kappa shape index (κ1) is 20.7. The van der Waals surface area contributed by atoms with Gasteiger partial charge in [-0.3, -0.25) is 0 Å². The molecule has 1 aromatic carbocycles. The molecule has 0 aliphatic carbocycles. The normalized spacial score (nSPS) is 12.9. The predicted octanol–water partition coefficient (Wildman–Crippen LogP) is 7.32. The molecule has 0 bridgehead atoms. The van der Waals surface area contributed by atoms with Gasteiger partial charge in [0.05, 0.1) is 17.8 Å². The Morgan fingerprint density at radius 2 is 2.12 bits per heavy atom. The van der Waals surface area contributed by atoms with E-state index in [4.69, 9.17) is 0 Å². The number of hydrogen-bond acceptors (Lipinski definition) is 2. The lowest BCUT2D eigenvalue weighted by Gasteiger charge is -2.14. The maximum atomic E-state index is 12.5. The van der Waals surface area contributed by atoms with Crippen molar-refractivity contribution in [1.29, 1.82) is 0 Å². The third kappa shape index (κ3) is 7.04. The number of hydrogen-bond donors (Lipinski definition) is 0. The van der Waals surface area contributed by atoms with Gasteiger partial charge >= 0.3 is 0 Å². The summed E-state index contributed by atoms with van der Waals surface area (Å²) in [6.45, 7) is 13.8. The Bertz CT molecular complexity index is 577. The molecule has 0 saturated heterocycles. The van der Waals surface area contributed by atoms with Crippen LogP contribution in [0.3, 0.4) is 0 Å². The molecule has 0 spiro atoms. The molecule has 1 atom stereocenters. The smallest absolute Gasteiger partial charge is 0.104 e. The Balaban J connectivity index is 2.62. The summed E-state index contributed by atoms with van der Waals surface area (Å²) in [5.41, 5.74) is 4.21. The van der Waals surface area contributed by atoms with Crippen molar-refractivity contribution >= 4 is 22.9 Å². The van der Waals surface area contributed by atoms with E-state index >= 15 is 0 Å². The summed E-state index contributed by atoms with van der Waals surface area (Å²) in [6.07, 6.45) is 9.22. The Kier molecular flexibility index (Phi) is 9.70. The van der Waals surface area contributed by atoms with Crippen molar-refractivity contribution < 1.29 is 3.89 Å². The van der Waals surface area contributed by atoms with Crippen LogP contribution in [-0.2, 0) is 6.42 Å². The molecule has 0 aliphatic heterocycles. The van der Waals surface area contributed by atoms with E-state index < -0.39 is 0 Å². The molecule has 0 heterocycles. The molecule has 0 fully saturated rings. The fourth-order valence-electron chi connectivity index (χ4n) is 2.92. The zero-order valence-electron chi connectivity index (χ0n) is 15.3. The number of nitrogens with zero attached hydrogens (tertiary/aromatic N) is 1. The quantitative estimate of drug-likeness (QED) is 0.245. The molecule has 132 valence electrons. The highest BCUT2D eigenvalue weighted by Gasteiger charge is 2.07. The van der Waals surface area contributed by atoms with Crippen LogP contribution >= 0.6 is 12.1 Å². The number of aliphatic imine (C=N–C) groups is 1. The fourth-order valence-corrected chi connectivity index (χ4v) is 3.06. The average Bonchev–Trinajstić information content (AvgIpc) is 2.58. The summed E-state index contributed by atoms with van der Waals surface area (Å²) in [6, 6.07) is 6.31. The summed E-state index contributed by atoms with van der Waals surface area (Å²) in [7, 11) is 0. The molecule has 0 aliphatic rings. The monoisotopic (exact) mass is 347 g/mol. The van der Waals surface area contributed by atoms with Crippen molar-refractivity contribution in [1.82, 2.24) is 0 Å². The van der Waals surface area contributed by atoms with Gasteiger partial charge in [-0.1, -0.05) is 44.6 Å². The molecular formula is C21H30FNS. The van der Waals surface area contributed by atoms with Gasteiger partial charge in [0.2, 0.25) is 0 Å². The maximum Gasteiger partial charge on any atom is 0.104 e. The molecule has 0 N–H and O–H groups in total. The van der Waals surface area contributed by atoms with Gasteiger partial charge in [0.1, 0.15) is 5.04 Å². The van der Waals surface area contributed by atoms with Gasteiger partial charge in [-0.25, -0.2) is 4.99 Å². The number of halogens is 1. The molecule has 0 radical (unpaired) electrons. The second kappa shape index (κ2) is 11.2. The Labute approximate surface area is 151 Å². The molecule has 1 unspecified atom stereocenters. The maximum absolute atomic E-state index is 12.5. The first-order valence-electron chi connectivity index (χ1n) is 8.75. The highest BCUT2D eigenvalue weighted by atomic mass is 32.2. The van der Waals surface area contributed by atoms with E-state index in [0.717, 1.165) is 24.3 Å². The van der Waals surface area contributed by atoms with Gasteiger partial charge in [-0.2, -0.15) is 3.89 Å². The SMILES string of the molecule is C=CCCC(CC)CCCc1ccc(C(=C)/N=C(\C)SF)cc1C. The van der Waals surface area contributed by atoms with Crippen LogP contribution < -0.4 is 0 Å². The third-order valence-electron chi connectivity index (χ3n) is 4.49. The van der Waals surface area contributed by atoms with Crippen molar-refractivity contribution in [2.45, 2.75) is 59.3 Å². The average molecular weight is 348 g/mol. The third-order valence-corrected chi connectivity index (χ3v) is 4.81. The largest absolute Gasteiger partial charge is 0.244 e. The summed E-state index contributed by atoms with van der Waals surface area (Å²) in [5.74, 6) is 0.804. The number of benzene rings is 1. The second-order valence-electron chi connectivity index (χ2n) is 6.33. The van der Waals surface area contributed by atoms with Gasteiger partial charge in [0.25, 0.3) is 0 Å². The van der Waals surface area contributed by atoms with Crippen LogP contribution in [-0.4, -0.2) is 5.04 Å². The van der Waals surface area contributed by atoms with Crippen molar-refractivity contribution in [3.05, 3.63) is 54.1 Å². The van der Waals surface area contributed by atoms with Crippen LogP contribution in [0.1, 0.15) is 62.6 Å². The predicted molar refractivity (Wildman–Crippen MR) is 108 cm³/mol. The Hall–Kier alpha value is -1.35. The van der Waals surface area contributed by atoms with E-state index in [9.17, 15) is 3.89 Å². The van der Waals surface area contributed by atoms with Gasteiger partial charge < -0.3 is 0 Å². The fraction of sp³-hybridized carbons (Fsp3) is 0.476. The van der Waals surface area contributed by atoms with Crippen molar-refractivity contribution in [3.63, 3.8) is 0 Å². The summed E-state index contributed by atoms with van der Waals surface area (Å²) in [5, 5.41) is 0.381. The van der Waals surface area contributed by atoms with E-state index in [1.165, 1.54) is 36.8 Å². The standard InChI is InChI=1S/C21H30FNS/c1-6-8-10-19(7-2)11-9-12-20-13-14-21(15-16(20)3)17(4)23-18(5)24-22/h6,13-15,19H,1,4,7-12H2,2-3,5H3/b23-18+. The van der Waals surface area contributed by atoms with E-state index in [-0.39, 0.29) is 12.1 Å². The van der Waals surface area contributed by atoms with E-state index in [2.05, 4.69) is 44.1 Å². The van der Waals surface area contributed by atoms with Crippen LogP contribution in [0.25, 0.3) is 5.70 Å². The molecule has 0 amide bonds. The van der Waals surface area contributed by atoms with Crippen LogP contribution in [0.15, 0.2) is 42.4 Å². The Morgan fingerprint density at radius 3 is 2.71 bits per heavy atom. The number of allylic oxidation sites excluding steroid dienone is 1. The minimum atomic E-state index is 0.160. The summed E-state index contributed by atoms with van der Waals surface area (Å²) in [4.78, 5) is 4.16. The summed E-state index contributed by atoms with van der Waals surface area (Å²) < 4.78 is 12.5. The van der Waals surface area contributed by atoms with E-state index in [1.807, 2.05) is 12.1 Å². The van der Waals surface area contributed by atoms with Crippen molar-refractivity contribution in [2.24, 2.45) is 10.9 Å². The molecular weight excluding hydrogens is 317 g/mol. The molecule has 1 aromatic rings. The van der Waals surface area contributed by atoms with Gasteiger partial charge in [0, 0.05) is 0 Å². The minimum Gasteiger partial charge on any atom is -0.244 e. The number of rotatable bonds is 10. The molecule has 3 heteroatoms. The van der Waals surface area contributed by atoms with Crippen molar-refractivity contribution in [2.75, 3.05) is 0 Å². The zero-order valence-corrected chi connectivity index (χ0v) is 16.1. The topological polar surface area (TPSA) is 12.4 Å². The first-order chi connectivity index (χ1) is 11.5. The van der Waals surface area contributed by atoms with E-state index in [1.54, 1.807) is 6.92 Å². The summed E-state index contributed by atoms with van der Waals surface area (Å²) >= 11 is 0.160.